The molecule has 0 atom stereocenters. The van der Waals surface area contributed by atoms with E-state index in [-0.39, 0.29) is 35.1 Å². The standard InChI is InChI=1S/C16H15ClN2O5S/c17-12-3-9-15(10-4-12)25(23,24)11-1-2-16(20)18-13-5-7-14(8-6-13)19(21)22/h3-10H,1-2,11H2,(H,18,20). The number of nitro groups is 1. The van der Waals surface area contributed by atoms with Gasteiger partial charge in [0.25, 0.3) is 5.69 Å². The zero-order valence-corrected chi connectivity index (χ0v) is 14.6. The molecule has 1 amide bonds. The van der Waals surface area contributed by atoms with Crippen molar-refractivity contribution in [3.05, 3.63) is 63.7 Å². The number of anilines is 1. The van der Waals surface area contributed by atoms with Gasteiger partial charge in [0.2, 0.25) is 5.91 Å². The summed E-state index contributed by atoms with van der Waals surface area (Å²) in [4.78, 5) is 22.0. The molecule has 0 radical (unpaired) electrons. The number of carbonyl (C=O) groups is 1. The molecule has 0 fully saturated rings. The number of amides is 1. The highest BCUT2D eigenvalue weighted by molar-refractivity contribution is 7.91. The number of non-ortho nitro benzene ring substituents is 1. The minimum atomic E-state index is -3.47. The molecule has 0 aliphatic rings. The van der Waals surface area contributed by atoms with Crippen LogP contribution in [0.15, 0.2) is 53.4 Å². The Bertz CT molecular complexity index is 864. The number of nitrogens with one attached hydrogen (secondary N) is 1. The van der Waals surface area contributed by atoms with Crippen molar-refractivity contribution in [2.75, 3.05) is 11.1 Å². The molecule has 1 N–H and O–H groups in total. The van der Waals surface area contributed by atoms with Gasteiger partial charge in [0, 0.05) is 29.3 Å². The molecule has 0 saturated carbocycles. The predicted molar refractivity (Wildman–Crippen MR) is 94.5 cm³/mol. The maximum atomic E-state index is 12.1. The number of nitro benzene ring substituents is 1. The van der Waals surface area contributed by atoms with E-state index in [0.29, 0.717) is 10.7 Å². The smallest absolute Gasteiger partial charge is 0.269 e. The lowest BCUT2D eigenvalue weighted by Crippen LogP contribution is -2.14. The van der Waals surface area contributed by atoms with Gasteiger partial charge in [0.1, 0.15) is 0 Å². The Morgan fingerprint density at radius 2 is 1.68 bits per heavy atom. The Morgan fingerprint density at radius 3 is 2.24 bits per heavy atom. The molecule has 9 heteroatoms. The maximum Gasteiger partial charge on any atom is 0.269 e. The summed E-state index contributed by atoms with van der Waals surface area (Å²) in [5.41, 5.74) is 0.336. The van der Waals surface area contributed by atoms with Crippen molar-refractivity contribution < 1.29 is 18.1 Å². The second kappa shape index (κ2) is 8.09. The van der Waals surface area contributed by atoms with E-state index in [1.54, 1.807) is 0 Å². The number of rotatable bonds is 7. The van der Waals surface area contributed by atoms with Gasteiger partial charge in [-0.15, -0.1) is 0 Å². The lowest BCUT2D eigenvalue weighted by atomic mass is 10.2. The molecule has 0 aliphatic heterocycles. The third-order valence-electron chi connectivity index (χ3n) is 3.35. The summed E-state index contributed by atoms with van der Waals surface area (Å²) in [7, 11) is -3.47. The third-order valence-corrected chi connectivity index (χ3v) is 5.42. The van der Waals surface area contributed by atoms with Crippen LogP contribution < -0.4 is 5.32 Å². The molecular weight excluding hydrogens is 368 g/mol. The van der Waals surface area contributed by atoms with Crippen molar-refractivity contribution in [2.24, 2.45) is 0 Å². The fourth-order valence-electron chi connectivity index (χ4n) is 2.07. The molecule has 0 unspecified atom stereocenters. The summed E-state index contributed by atoms with van der Waals surface area (Å²) >= 11 is 5.73. The second-order valence-electron chi connectivity index (χ2n) is 5.23. The van der Waals surface area contributed by atoms with E-state index >= 15 is 0 Å². The largest absolute Gasteiger partial charge is 0.326 e. The predicted octanol–water partition coefficient (Wildman–Crippen LogP) is 3.44. The quantitative estimate of drug-likeness (QED) is 0.583. The number of hydrogen-bond donors (Lipinski definition) is 1. The van der Waals surface area contributed by atoms with E-state index in [1.165, 1.54) is 48.5 Å². The minimum absolute atomic E-state index is 0.0177. The lowest BCUT2D eigenvalue weighted by molar-refractivity contribution is -0.384. The van der Waals surface area contributed by atoms with Gasteiger partial charge in [0.15, 0.2) is 9.84 Å². The van der Waals surface area contributed by atoms with Crippen molar-refractivity contribution in [3.63, 3.8) is 0 Å². The number of sulfone groups is 1. The summed E-state index contributed by atoms with van der Waals surface area (Å²) in [6.07, 6.45) is 0.174. The molecule has 0 spiro atoms. The zero-order chi connectivity index (χ0) is 18.4. The molecule has 7 nitrogen and oxygen atoms in total. The van der Waals surface area contributed by atoms with Crippen LogP contribution in [-0.4, -0.2) is 25.0 Å². The summed E-state index contributed by atoms with van der Waals surface area (Å²) in [6.45, 7) is 0. The monoisotopic (exact) mass is 382 g/mol. The van der Waals surface area contributed by atoms with Crippen molar-refractivity contribution >= 4 is 38.7 Å². The highest BCUT2D eigenvalue weighted by atomic mass is 35.5. The second-order valence-corrected chi connectivity index (χ2v) is 7.77. The lowest BCUT2D eigenvalue weighted by Gasteiger charge is -2.06. The molecule has 25 heavy (non-hydrogen) atoms. The van der Waals surface area contributed by atoms with E-state index in [2.05, 4.69) is 5.32 Å². The van der Waals surface area contributed by atoms with Gasteiger partial charge in [-0.25, -0.2) is 8.42 Å². The van der Waals surface area contributed by atoms with E-state index < -0.39 is 14.8 Å². The minimum Gasteiger partial charge on any atom is -0.326 e. The highest BCUT2D eigenvalue weighted by Gasteiger charge is 2.15. The van der Waals surface area contributed by atoms with Crippen LogP contribution in [-0.2, 0) is 14.6 Å². The number of benzene rings is 2. The first-order valence-electron chi connectivity index (χ1n) is 7.30. The highest BCUT2D eigenvalue weighted by Crippen LogP contribution is 2.18. The molecule has 0 saturated heterocycles. The first kappa shape index (κ1) is 18.9. The first-order chi connectivity index (χ1) is 11.8. The van der Waals surface area contributed by atoms with Gasteiger partial charge >= 0.3 is 0 Å². The Morgan fingerprint density at radius 1 is 1.08 bits per heavy atom. The Balaban J connectivity index is 1.85. The van der Waals surface area contributed by atoms with Crippen LogP contribution in [0, 0.1) is 10.1 Å². The Labute approximate surface area is 149 Å². The van der Waals surface area contributed by atoms with Gasteiger partial charge in [-0.05, 0) is 42.8 Å². The van der Waals surface area contributed by atoms with Gasteiger partial charge in [-0.2, -0.15) is 0 Å². The van der Waals surface area contributed by atoms with Gasteiger partial charge in [-0.1, -0.05) is 11.6 Å². The summed E-state index contributed by atoms with van der Waals surface area (Å²) < 4.78 is 24.3. The van der Waals surface area contributed by atoms with Crippen molar-refractivity contribution in [1.82, 2.24) is 0 Å². The third kappa shape index (κ3) is 5.54. The number of hydrogen-bond acceptors (Lipinski definition) is 5. The topological polar surface area (TPSA) is 106 Å². The van der Waals surface area contributed by atoms with Crippen LogP contribution in [0.4, 0.5) is 11.4 Å². The van der Waals surface area contributed by atoms with Gasteiger partial charge < -0.3 is 5.32 Å². The summed E-state index contributed by atoms with van der Waals surface area (Å²) in [6, 6.07) is 11.2. The van der Waals surface area contributed by atoms with E-state index in [1.807, 2.05) is 0 Å². The van der Waals surface area contributed by atoms with Crippen LogP contribution in [0.1, 0.15) is 12.8 Å². The number of carbonyl (C=O) groups excluding carboxylic acids is 1. The fourth-order valence-corrected chi connectivity index (χ4v) is 3.51. The molecule has 2 aromatic carbocycles. The molecule has 2 rings (SSSR count). The molecule has 0 heterocycles. The Kier molecular flexibility index (Phi) is 6.11. The average molecular weight is 383 g/mol. The van der Waals surface area contributed by atoms with Crippen molar-refractivity contribution in [1.29, 1.82) is 0 Å². The van der Waals surface area contributed by atoms with Gasteiger partial charge in [0.05, 0.1) is 15.6 Å². The SMILES string of the molecule is O=C(CCCS(=O)(=O)c1ccc(Cl)cc1)Nc1ccc([N+](=O)[O-])cc1. The summed E-state index contributed by atoms with van der Waals surface area (Å²) in [5.74, 6) is -0.525. The number of halogens is 1. The average Bonchev–Trinajstić information content (AvgIpc) is 2.55. The van der Waals surface area contributed by atoms with Crippen molar-refractivity contribution in [2.45, 2.75) is 17.7 Å². The van der Waals surface area contributed by atoms with Crippen LogP contribution in [0.25, 0.3) is 0 Å². The van der Waals surface area contributed by atoms with Crippen LogP contribution in [0.5, 0.6) is 0 Å². The van der Waals surface area contributed by atoms with E-state index in [4.69, 9.17) is 11.6 Å². The molecule has 0 aliphatic carbocycles. The van der Waals surface area contributed by atoms with Crippen LogP contribution >= 0.6 is 11.6 Å². The number of nitrogens with zero attached hydrogens (tertiary/aromatic N) is 1. The van der Waals surface area contributed by atoms with E-state index in [9.17, 15) is 23.3 Å². The zero-order valence-electron chi connectivity index (χ0n) is 13.0. The van der Waals surface area contributed by atoms with Crippen molar-refractivity contribution in [3.8, 4) is 0 Å². The molecular formula is C16H15ClN2O5S. The Hall–Kier alpha value is -2.45. The molecule has 0 bridgehead atoms. The van der Waals surface area contributed by atoms with Crippen LogP contribution in [0.2, 0.25) is 5.02 Å². The maximum absolute atomic E-state index is 12.1. The van der Waals surface area contributed by atoms with Gasteiger partial charge in [-0.3, -0.25) is 14.9 Å². The molecule has 132 valence electrons. The van der Waals surface area contributed by atoms with Crippen LogP contribution in [0.3, 0.4) is 0 Å². The molecule has 2 aromatic rings. The summed E-state index contributed by atoms with van der Waals surface area (Å²) in [5, 5.41) is 13.6. The fraction of sp³-hybridized carbons (Fsp3) is 0.188. The van der Waals surface area contributed by atoms with E-state index in [0.717, 1.165) is 0 Å². The first-order valence-corrected chi connectivity index (χ1v) is 9.33. The normalized spacial score (nSPS) is 11.1. The molecule has 0 aromatic heterocycles.